The molecule has 0 unspecified atom stereocenters. The summed E-state index contributed by atoms with van der Waals surface area (Å²) in [5, 5.41) is 0. The molecule has 0 amide bonds. The Balaban J connectivity index is 1.90. The van der Waals surface area contributed by atoms with Crippen molar-refractivity contribution in [3.8, 4) is 0 Å². The first-order valence-corrected chi connectivity index (χ1v) is 7.56. The Bertz CT molecular complexity index is 428. The summed E-state index contributed by atoms with van der Waals surface area (Å²) in [6, 6.07) is 5.38. The Labute approximate surface area is 122 Å². The molecule has 0 aliphatic heterocycles. The number of hydrogen-bond donors (Lipinski definition) is 1. The molecule has 0 aromatic heterocycles. The summed E-state index contributed by atoms with van der Waals surface area (Å²) in [6.07, 6.45) is 6.21. The van der Waals surface area contributed by atoms with E-state index < -0.39 is 0 Å². The van der Waals surface area contributed by atoms with E-state index in [9.17, 15) is 4.79 Å². The van der Waals surface area contributed by atoms with Gasteiger partial charge in [-0.25, -0.2) is 4.79 Å². The normalized spacial score (nSPS) is 16.6. The highest BCUT2D eigenvalue weighted by Crippen LogP contribution is 2.25. The lowest BCUT2D eigenvalue weighted by Gasteiger charge is -2.21. The molecule has 18 heavy (non-hydrogen) atoms. The highest BCUT2D eigenvalue weighted by atomic mass is 79.9. The second-order valence-corrected chi connectivity index (χ2v) is 6.16. The van der Waals surface area contributed by atoms with E-state index in [0.717, 1.165) is 4.47 Å². The van der Waals surface area contributed by atoms with E-state index in [-0.39, 0.29) is 5.97 Å². The van der Waals surface area contributed by atoms with Gasteiger partial charge < -0.3 is 4.74 Å². The summed E-state index contributed by atoms with van der Waals surface area (Å²) >= 11 is 7.64. The Morgan fingerprint density at radius 3 is 2.72 bits per heavy atom. The van der Waals surface area contributed by atoms with Crippen LogP contribution in [0.4, 0.5) is 0 Å². The van der Waals surface area contributed by atoms with Gasteiger partial charge in [-0.1, -0.05) is 35.2 Å². The van der Waals surface area contributed by atoms with E-state index in [1.54, 1.807) is 12.1 Å². The van der Waals surface area contributed by atoms with Crippen molar-refractivity contribution >= 4 is 34.5 Å². The summed E-state index contributed by atoms with van der Waals surface area (Å²) in [7, 11) is 0. The topological polar surface area (TPSA) is 26.3 Å². The van der Waals surface area contributed by atoms with Crippen molar-refractivity contribution < 1.29 is 9.53 Å². The maximum atomic E-state index is 11.9. The van der Waals surface area contributed by atoms with Crippen molar-refractivity contribution in [1.82, 2.24) is 0 Å². The monoisotopic (exact) mass is 328 g/mol. The lowest BCUT2D eigenvalue weighted by molar-refractivity contribution is 0.0406. The molecule has 2 nitrogen and oxygen atoms in total. The van der Waals surface area contributed by atoms with Gasteiger partial charge in [-0.15, -0.1) is 12.6 Å². The predicted octanol–water partition coefficient (Wildman–Crippen LogP) is 4.47. The van der Waals surface area contributed by atoms with Crippen LogP contribution in [0.1, 0.15) is 42.5 Å². The van der Waals surface area contributed by atoms with Crippen molar-refractivity contribution in [1.29, 1.82) is 0 Å². The fourth-order valence-electron chi connectivity index (χ4n) is 2.30. The first-order chi connectivity index (χ1) is 8.66. The number of hydrogen-bond acceptors (Lipinski definition) is 3. The number of esters is 1. The van der Waals surface area contributed by atoms with Crippen LogP contribution in [0.2, 0.25) is 0 Å². The van der Waals surface area contributed by atoms with Crippen LogP contribution in [-0.2, 0) is 4.74 Å². The molecule has 0 heterocycles. The highest BCUT2D eigenvalue weighted by molar-refractivity contribution is 9.10. The van der Waals surface area contributed by atoms with E-state index in [4.69, 9.17) is 4.74 Å². The molecule has 1 aromatic rings. The van der Waals surface area contributed by atoms with Crippen molar-refractivity contribution in [2.75, 3.05) is 6.61 Å². The lowest BCUT2D eigenvalue weighted by atomic mass is 9.90. The van der Waals surface area contributed by atoms with Crippen molar-refractivity contribution in [2.45, 2.75) is 37.0 Å². The van der Waals surface area contributed by atoms with Gasteiger partial charge in [0.25, 0.3) is 0 Å². The van der Waals surface area contributed by atoms with E-state index in [1.807, 2.05) is 6.07 Å². The van der Waals surface area contributed by atoms with E-state index in [0.29, 0.717) is 23.0 Å². The molecule has 0 spiro atoms. The standard InChI is InChI=1S/C14H17BrO2S/c15-11-6-7-12(13(18)8-11)14(16)17-9-10-4-2-1-3-5-10/h6-8,10,18H,1-5,9H2. The highest BCUT2D eigenvalue weighted by Gasteiger charge is 2.17. The van der Waals surface area contributed by atoms with Gasteiger partial charge in [0.15, 0.2) is 0 Å². The number of benzene rings is 1. The van der Waals surface area contributed by atoms with Crippen LogP contribution in [-0.4, -0.2) is 12.6 Å². The first-order valence-electron chi connectivity index (χ1n) is 6.32. The second kappa shape index (κ2) is 6.62. The van der Waals surface area contributed by atoms with Gasteiger partial charge in [-0.05, 0) is 37.0 Å². The molecule has 2 rings (SSSR count). The zero-order valence-corrected chi connectivity index (χ0v) is 12.7. The van der Waals surface area contributed by atoms with Crippen molar-refractivity contribution in [3.63, 3.8) is 0 Å². The van der Waals surface area contributed by atoms with E-state index >= 15 is 0 Å². The summed E-state index contributed by atoms with van der Waals surface area (Å²) < 4.78 is 6.30. The van der Waals surface area contributed by atoms with Crippen molar-refractivity contribution in [2.24, 2.45) is 5.92 Å². The van der Waals surface area contributed by atoms with Gasteiger partial charge in [-0.2, -0.15) is 0 Å². The summed E-state index contributed by atoms with van der Waals surface area (Å²) in [5.41, 5.74) is 0.539. The average molecular weight is 329 g/mol. The Morgan fingerprint density at radius 1 is 1.33 bits per heavy atom. The minimum absolute atomic E-state index is 0.266. The summed E-state index contributed by atoms with van der Waals surface area (Å²) in [4.78, 5) is 12.6. The van der Waals surface area contributed by atoms with Crippen LogP contribution in [0.25, 0.3) is 0 Å². The number of rotatable bonds is 3. The Kier molecular flexibility index (Phi) is 5.13. The predicted molar refractivity (Wildman–Crippen MR) is 78.3 cm³/mol. The molecule has 0 bridgehead atoms. The number of halogens is 1. The first kappa shape index (κ1) is 13.9. The molecule has 98 valence electrons. The zero-order chi connectivity index (χ0) is 13.0. The SMILES string of the molecule is O=C(OCC1CCCCC1)c1ccc(Br)cc1S. The molecular formula is C14H17BrO2S. The van der Waals surface area contributed by atoms with Gasteiger partial charge in [0, 0.05) is 9.37 Å². The van der Waals surface area contributed by atoms with Gasteiger partial charge in [-0.3, -0.25) is 0 Å². The molecular weight excluding hydrogens is 312 g/mol. The maximum absolute atomic E-state index is 11.9. The minimum Gasteiger partial charge on any atom is -0.462 e. The summed E-state index contributed by atoms with van der Waals surface area (Å²) in [6.45, 7) is 0.544. The van der Waals surface area contributed by atoms with E-state index in [1.165, 1.54) is 32.1 Å². The van der Waals surface area contributed by atoms with Crippen LogP contribution in [0.15, 0.2) is 27.6 Å². The largest absolute Gasteiger partial charge is 0.462 e. The van der Waals surface area contributed by atoms with Crippen LogP contribution >= 0.6 is 28.6 Å². The molecule has 1 aromatic carbocycles. The van der Waals surface area contributed by atoms with Gasteiger partial charge in [0.1, 0.15) is 0 Å². The molecule has 1 aliphatic rings. The van der Waals surface area contributed by atoms with Gasteiger partial charge in [0.2, 0.25) is 0 Å². The van der Waals surface area contributed by atoms with Crippen LogP contribution in [0.3, 0.4) is 0 Å². The third kappa shape index (κ3) is 3.75. The molecule has 1 aliphatic carbocycles. The Morgan fingerprint density at radius 2 is 2.06 bits per heavy atom. The average Bonchev–Trinajstić information content (AvgIpc) is 2.37. The molecule has 0 atom stereocenters. The Hall–Kier alpha value is -0.480. The minimum atomic E-state index is -0.266. The fraction of sp³-hybridized carbons (Fsp3) is 0.500. The van der Waals surface area contributed by atoms with Crippen LogP contribution in [0.5, 0.6) is 0 Å². The fourth-order valence-corrected chi connectivity index (χ4v) is 3.15. The van der Waals surface area contributed by atoms with Crippen molar-refractivity contribution in [3.05, 3.63) is 28.2 Å². The zero-order valence-electron chi connectivity index (χ0n) is 10.2. The molecule has 0 saturated heterocycles. The second-order valence-electron chi connectivity index (χ2n) is 4.76. The lowest BCUT2D eigenvalue weighted by Crippen LogP contribution is -2.17. The molecule has 1 saturated carbocycles. The molecule has 0 radical (unpaired) electrons. The molecule has 1 fully saturated rings. The smallest absolute Gasteiger partial charge is 0.339 e. The van der Waals surface area contributed by atoms with Crippen LogP contribution in [0, 0.1) is 5.92 Å². The number of carbonyl (C=O) groups excluding carboxylic acids is 1. The number of carbonyl (C=O) groups is 1. The number of thiol groups is 1. The molecule has 0 N–H and O–H groups in total. The third-order valence-corrected chi connectivity index (χ3v) is 4.22. The molecule has 4 heteroatoms. The number of ether oxygens (including phenoxy) is 1. The van der Waals surface area contributed by atoms with Crippen LogP contribution < -0.4 is 0 Å². The summed E-state index contributed by atoms with van der Waals surface area (Å²) in [5.74, 6) is 0.277. The maximum Gasteiger partial charge on any atom is 0.339 e. The van der Waals surface area contributed by atoms with E-state index in [2.05, 4.69) is 28.6 Å². The quantitative estimate of drug-likeness (QED) is 0.654. The third-order valence-electron chi connectivity index (χ3n) is 3.35. The van der Waals surface area contributed by atoms with Gasteiger partial charge >= 0.3 is 5.97 Å². The van der Waals surface area contributed by atoms with Gasteiger partial charge in [0.05, 0.1) is 12.2 Å².